The first-order valence-electron chi connectivity index (χ1n) is 7.94. The van der Waals surface area contributed by atoms with E-state index in [-0.39, 0.29) is 17.9 Å². The average molecular weight is 347 g/mol. The zero-order chi connectivity index (χ0) is 18.6. The molecule has 1 amide bonds. The van der Waals surface area contributed by atoms with E-state index in [4.69, 9.17) is 0 Å². The van der Waals surface area contributed by atoms with Gasteiger partial charge in [0.25, 0.3) is 5.91 Å². The topological polar surface area (TPSA) is 20.3 Å². The second kappa shape index (κ2) is 7.55. The van der Waals surface area contributed by atoms with Gasteiger partial charge in [-0.15, -0.1) is 6.58 Å². The monoisotopic (exact) mass is 347 g/mol. The van der Waals surface area contributed by atoms with Gasteiger partial charge in [0.1, 0.15) is 0 Å². The number of anilines is 1. The highest BCUT2D eigenvalue weighted by Gasteiger charge is 2.31. The molecule has 0 aliphatic rings. The third-order valence-electron chi connectivity index (χ3n) is 3.94. The van der Waals surface area contributed by atoms with E-state index in [0.29, 0.717) is 11.3 Å². The van der Waals surface area contributed by atoms with Gasteiger partial charge in [-0.2, -0.15) is 13.2 Å². The number of hydrogen-bond acceptors (Lipinski definition) is 1. The first-order valence-corrected chi connectivity index (χ1v) is 7.94. The summed E-state index contributed by atoms with van der Waals surface area (Å²) in [4.78, 5) is 14.5. The van der Waals surface area contributed by atoms with E-state index in [2.05, 4.69) is 6.58 Å². The maximum atomic E-state index is 13.0. The maximum absolute atomic E-state index is 13.0. The first-order chi connectivity index (χ1) is 11.8. The minimum absolute atomic E-state index is 0.0486. The first kappa shape index (κ1) is 18.8. The number of rotatable bonds is 5. The van der Waals surface area contributed by atoms with Crippen molar-refractivity contribution in [3.63, 3.8) is 0 Å². The number of carbonyl (C=O) groups excluding carboxylic acids is 1. The quantitative estimate of drug-likeness (QED) is 0.648. The lowest BCUT2D eigenvalue weighted by Gasteiger charge is -2.33. The standard InChI is InChI=1S/C20H20F3NO/c1-4-18(14(2)3)24(19(25)15-8-6-5-7-9-15)17-12-10-16(11-13-17)20(21,22)23/h4-14,18H,1H2,2-3H3/t18-/m1/s1. The molecule has 2 aromatic rings. The molecule has 0 radical (unpaired) electrons. The molecule has 25 heavy (non-hydrogen) atoms. The fourth-order valence-electron chi connectivity index (χ4n) is 2.63. The molecule has 0 heterocycles. The van der Waals surface area contributed by atoms with Crippen LogP contribution >= 0.6 is 0 Å². The Balaban J connectivity index is 2.48. The van der Waals surface area contributed by atoms with Crippen LogP contribution in [-0.4, -0.2) is 11.9 Å². The van der Waals surface area contributed by atoms with Gasteiger partial charge in [-0.1, -0.05) is 38.1 Å². The molecule has 132 valence electrons. The summed E-state index contributed by atoms with van der Waals surface area (Å²) < 4.78 is 38.4. The molecule has 0 aromatic heterocycles. The molecule has 2 aromatic carbocycles. The van der Waals surface area contributed by atoms with Crippen LogP contribution in [-0.2, 0) is 6.18 Å². The Bertz CT molecular complexity index is 721. The van der Waals surface area contributed by atoms with Gasteiger partial charge in [0.15, 0.2) is 0 Å². The van der Waals surface area contributed by atoms with Crippen molar-refractivity contribution in [3.05, 3.63) is 78.4 Å². The van der Waals surface area contributed by atoms with Crippen LogP contribution in [0.2, 0.25) is 0 Å². The smallest absolute Gasteiger partial charge is 0.301 e. The van der Waals surface area contributed by atoms with E-state index in [1.54, 1.807) is 36.4 Å². The lowest BCUT2D eigenvalue weighted by atomic mass is 10.00. The third-order valence-corrected chi connectivity index (χ3v) is 3.94. The molecule has 0 aliphatic carbocycles. The normalized spacial score (nSPS) is 12.7. The number of nitrogens with zero attached hydrogens (tertiary/aromatic N) is 1. The van der Waals surface area contributed by atoms with Gasteiger partial charge >= 0.3 is 6.18 Å². The molecule has 0 unspecified atom stereocenters. The molecular formula is C20H20F3NO. The summed E-state index contributed by atoms with van der Waals surface area (Å²) in [5.41, 5.74) is 0.124. The molecule has 2 nitrogen and oxygen atoms in total. The summed E-state index contributed by atoms with van der Waals surface area (Å²) in [6, 6.07) is 12.9. The van der Waals surface area contributed by atoms with Crippen LogP contribution in [0, 0.1) is 5.92 Å². The molecular weight excluding hydrogens is 327 g/mol. The Hall–Kier alpha value is -2.56. The van der Waals surface area contributed by atoms with Crippen molar-refractivity contribution >= 4 is 11.6 Å². The maximum Gasteiger partial charge on any atom is 0.416 e. The summed E-state index contributed by atoms with van der Waals surface area (Å²) in [6.07, 6.45) is -2.77. The SMILES string of the molecule is C=C[C@H](C(C)C)N(C(=O)c1ccccc1)c1ccc(C(F)(F)F)cc1. The van der Waals surface area contributed by atoms with Crippen LogP contribution < -0.4 is 4.90 Å². The highest BCUT2D eigenvalue weighted by Crippen LogP contribution is 2.32. The summed E-state index contributed by atoms with van der Waals surface area (Å²) in [5, 5.41) is 0. The van der Waals surface area contributed by atoms with Gasteiger partial charge in [-0.05, 0) is 42.3 Å². The van der Waals surface area contributed by atoms with E-state index in [1.165, 1.54) is 17.0 Å². The second-order valence-corrected chi connectivity index (χ2v) is 6.06. The van der Waals surface area contributed by atoms with Crippen LogP contribution in [0.3, 0.4) is 0 Å². The van der Waals surface area contributed by atoms with Crippen LogP contribution in [0.4, 0.5) is 18.9 Å². The van der Waals surface area contributed by atoms with Crippen molar-refractivity contribution in [2.45, 2.75) is 26.1 Å². The lowest BCUT2D eigenvalue weighted by Crippen LogP contribution is -2.42. The van der Waals surface area contributed by atoms with Crippen LogP contribution in [0.15, 0.2) is 67.3 Å². The van der Waals surface area contributed by atoms with Crippen molar-refractivity contribution in [2.75, 3.05) is 4.90 Å². The van der Waals surface area contributed by atoms with E-state index < -0.39 is 11.7 Å². The Labute approximate surface area is 145 Å². The van der Waals surface area contributed by atoms with Gasteiger partial charge in [0.05, 0.1) is 11.6 Å². The van der Waals surface area contributed by atoms with Gasteiger partial charge in [-0.3, -0.25) is 4.79 Å². The minimum atomic E-state index is -4.41. The summed E-state index contributed by atoms with van der Waals surface area (Å²) >= 11 is 0. The fourth-order valence-corrected chi connectivity index (χ4v) is 2.63. The molecule has 0 spiro atoms. The largest absolute Gasteiger partial charge is 0.416 e. The zero-order valence-corrected chi connectivity index (χ0v) is 14.1. The predicted molar refractivity (Wildman–Crippen MR) is 93.5 cm³/mol. The minimum Gasteiger partial charge on any atom is -0.301 e. The molecule has 0 N–H and O–H groups in total. The zero-order valence-electron chi connectivity index (χ0n) is 14.1. The average Bonchev–Trinajstić information content (AvgIpc) is 2.59. The number of benzene rings is 2. The van der Waals surface area contributed by atoms with Crippen LogP contribution in [0.5, 0.6) is 0 Å². The molecule has 0 fully saturated rings. The third kappa shape index (κ3) is 4.29. The molecule has 0 saturated heterocycles. The molecule has 5 heteroatoms. The lowest BCUT2D eigenvalue weighted by molar-refractivity contribution is -0.137. The Morgan fingerprint density at radius 2 is 1.60 bits per heavy atom. The Morgan fingerprint density at radius 3 is 2.04 bits per heavy atom. The fraction of sp³-hybridized carbons (Fsp3) is 0.250. The van der Waals surface area contributed by atoms with Crippen molar-refractivity contribution < 1.29 is 18.0 Å². The van der Waals surface area contributed by atoms with Gasteiger partial charge in [0.2, 0.25) is 0 Å². The van der Waals surface area contributed by atoms with Crippen molar-refractivity contribution in [1.82, 2.24) is 0 Å². The van der Waals surface area contributed by atoms with Crippen molar-refractivity contribution in [2.24, 2.45) is 5.92 Å². The highest BCUT2D eigenvalue weighted by atomic mass is 19.4. The molecule has 0 bridgehead atoms. The second-order valence-electron chi connectivity index (χ2n) is 6.06. The number of carbonyl (C=O) groups is 1. The van der Waals surface area contributed by atoms with Gasteiger partial charge in [0, 0.05) is 11.3 Å². The van der Waals surface area contributed by atoms with E-state index in [9.17, 15) is 18.0 Å². The number of amides is 1. The number of halogens is 3. The van der Waals surface area contributed by atoms with Gasteiger partial charge in [-0.25, -0.2) is 0 Å². The van der Waals surface area contributed by atoms with Gasteiger partial charge < -0.3 is 4.90 Å². The van der Waals surface area contributed by atoms with Crippen LogP contribution in [0.1, 0.15) is 29.8 Å². The van der Waals surface area contributed by atoms with Crippen molar-refractivity contribution in [1.29, 1.82) is 0 Å². The molecule has 0 aliphatic heterocycles. The van der Waals surface area contributed by atoms with E-state index in [1.807, 2.05) is 13.8 Å². The molecule has 2 rings (SSSR count). The molecule has 0 saturated carbocycles. The Kier molecular flexibility index (Phi) is 5.67. The highest BCUT2D eigenvalue weighted by molar-refractivity contribution is 6.06. The molecule has 1 atom stereocenters. The number of hydrogen-bond donors (Lipinski definition) is 0. The van der Waals surface area contributed by atoms with Crippen molar-refractivity contribution in [3.8, 4) is 0 Å². The van der Waals surface area contributed by atoms with E-state index in [0.717, 1.165) is 12.1 Å². The predicted octanol–water partition coefficient (Wildman–Crippen LogP) is 5.56. The van der Waals surface area contributed by atoms with E-state index >= 15 is 0 Å². The summed E-state index contributed by atoms with van der Waals surface area (Å²) in [7, 11) is 0. The number of alkyl halides is 3. The van der Waals surface area contributed by atoms with Crippen LogP contribution in [0.25, 0.3) is 0 Å². The summed E-state index contributed by atoms with van der Waals surface area (Å²) in [6.45, 7) is 7.65. The Morgan fingerprint density at radius 1 is 1.04 bits per heavy atom. The summed E-state index contributed by atoms with van der Waals surface area (Å²) in [5.74, 6) is -0.230.